The lowest BCUT2D eigenvalue weighted by Gasteiger charge is -2.55. The molecular weight excluding hydrogens is 336 g/mol. The minimum Gasteiger partial charge on any atom is -0.356 e. The summed E-state index contributed by atoms with van der Waals surface area (Å²) >= 11 is 0. The topological polar surface area (TPSA) is 52.2 Å². The first-order chi connectivity index (χ1) is 13.3. The molecule has 142 valence electrons. The summed E-state index contributed by atoms with van der Waals surface area (Å²) in [5, 5.41) is 0. The standard InChI is InChI=1S/C22H28N4O/c27-22-11-21(23-15-24-22)25-12-17-9-18(14-25)20-8-4-7-19(26(20)13-17)10-16-5-2-1-3-6-16/h1-3,5-6,11,15,17-20H,4,7-10,12-14H2,(H,23,24,27)/t17-,18+,19+,20-/m0/s1. The zero-order valence-corrected chi connectivity index (χ0v) is 15.8. The monoisotopic (exact) mass is 364 g/mol. The van der Waals surface area contributed by atoms with E-state index in [0.717, 1.165) is 18.9 Å². The highest BCUT2D eigenvalue weighted by atomic mass is 16.1. The van der Waals surface area contributed by atoms with Crippen molar-refractivity contribution >= 4 is 5.82 Å². The molecule has 0 radical (unpaired) electrons. The van der Waals surface area contributed by atoms with E-state index in [1.165, 1.54) is 50.5 Å². The maximum Gasteiger partial charge on any atom is 0.252 e. The summed E-state index contributed by atoms with van der Waals surface area (Å²) in [7, 11) is 0. The lowest BCUT2D eigenvalue weighted by Crippen LogP contribution is -2.62. The highest BCUT2D eigenvalue weighted by molar-refractivity contribution is 5.38. The smallest absolute Gasteiger partial charge is 0.252 e. The fourth-order valence-corrected chi connectivity index (χ4v) is 5.74. The molecule has 3 saturated heterocycles. The molecule has 3 aliphatic heterocycles. The van der Waals surface area contributed by atoms with E-state index < -0.39 is 0 Å². The third-order valence-electron chi connectivity index (χ3n) is 6.82. The summed E-state index contributed by atoms with van der Waals surface area (Å²) < 4.78 is 0. The minimum absolute atomic E-state index is 0.0575. The molecule has 0 aliphatic carbocycles. The SMILES string of the molecule is O=c1cc(N2C[C@@H]3C[C@H](C2)[C@@H]2CCC[C@H](Cc4ccccc4)N2C3)nc[nH]1. The van der Waals surface area contributed by atoms with Crippen molar-refractivity contribution in [1.82, 2.24) is 14.9 Å². The van der Waals surface area contributed by atoms with Gasteiger partial charge >= 0.3 is 0 Å². The number of nitrogens with one attached hydrogen (secondary N) is 1. The normalized spacial score (nSPS) is 30.7. The number of rotatable bonds is 3. The first-order valence-corrected chi connectivity index (χ1v) is 10.4. The summed E-state index contributed by atoms with van der Waals surface area (Å²) in [6.07, 6.45) is 8.02. The number of fused-ring (bicyclic) bond motifs is 4. The number of anilines is 1. The first kappa shape index (κ1) is 17.0. The molecule has 5 nitrogen and oxygen atoms in total. The van der Waals surface area contributed by atoms with Gasteiger partial charge in [0.1, 0.15) is 5.82 Å². The van der Waals surface area contributed by atoms with Crippen molar-refractivity contribution in [3.05, 3.63) is 58.6 Å². The molecule has 1 N–H and O–H groups in total. The second-order valence-electron chi connectivity index (χ2n) is 8.57. The van der Waals surface area contributed by atoms with Gasteiger partial charge in [-0.15, -0.1) is 0 Å². The molecule has 5 rings (SSSR count). The number of aromatic amines is 1. The van der Waals surface area contributed by atoms with Gasteiger partial charge < -0.3 is 9.88 Å². The average Bonchev–Trinajstić information content (AvgIpc) is 2.69. The van der Waals surface area contributed by atoms with Crippen molar-refractivity contribution in [3.63, 3.8) is 0 Å². The van der Waals surface area contributed by atoms with Gasteiger partial charge in [-0.05, 0) is 43.1 Å². The predicted octanol–water partition coefficient (Wildman–Crippen LogP) is 2.69. The number of aromatic nitrogens is 2. The molecule has 2 aromatic rings. The summed E-state index contributed by atoms with van der Waals surface area (Å²) in [4.78, 5) is 23.9. The van der Waals surface area contributed by atoms with Crippen LogP contribution in [0.4, 0.5) is 5.82 Å². The summed E-state index contributed by atoms with van der Waals surface area (Å²) in [5.74, 6) is 2.22. The van der Waals surface area contributed by atoms with E-state index in [9.17, 15) is 4.79 Å². The molecular formula is C22H28N4O. The van der Waals surface area contributed by atoms with Crippen LogP contribution in [-0.4, -0.2) is 46.6 Å². The van der Waals surface area contributed by atoms with Crippen LogP contribution >= 0.6 is 0 Å². The largest absolute Gasteiger partial charge is 0.356 e. The van der Waals surface area contributed by atoms with E-state index in [-0.39, 0.29) is 5.56 Å². The molecule has 27 heavy (non-hydrogen) atoms. The number of H-pyrrole nitrogens is 1. The number of piperidine rings is 3. The Hall–Kier alpha value is -2.14. The number of nitrogens with zero attached hydrogens (tertiary/aromatic N) is 3. The molecule has 1 aromatic carbocycles. The van der Waals surface area contributed by atoms with Crippen molar-refractivity contribution in [3.8, 4) is 0 Å². The lowest BCUT2D eigenvalue weighted by atomic mass is 9.74. The van der Waals surface area contributed by atoms with Crippen molar-refractivity contribution in [1.29, 1.82) is 0 Å². The van der Waals surface area contributed by atoms with Crippen LogP contribution in [0.5, 0.6) is 0 Å². The summed E-state index contributed by atoms with van der Waals surface area (Å²) in [6, 6.07) is 14.0. The van der Waals surface area contributed by atoms with Crippen LogP contribution in [0.2, 0.25) is 0 Å². The first-order valence-electron chi connectivity index (χ1n) is 10.4. The molecule has 4 heterocycles. The third kappa shape index (κ3) is 3.41. The lowest BCUT2D eigenvalue weighted by molar-refractivity contribution is -0.0187. The van der Waals surface area contributed by atoms with Gasteiger partial charge in [0.05, 0.1) is 6.33 Å². The summed E-state index contributed by atoms with van der Waals surface area (Å²) in [5.41, 5.74) is 1.41. The van der Waals surface area contributed by atoms with Crippen molar-refractivity contribution in [2.75, 3.05) is 24.5 Å². The van der Waals surface area contributed by atoms with Gasteiger partial charge in [-0.25, -0.2) is 4.98 Å². The molecule has 5 heteroatoms. The average molecular weight is 364 g/mol. The Kier molecular flexibility index (Phi) is 4.48. The maximum atomic E-state index is 11.7. The Labute approximate surface area is 160 Å². The molecule has 3 fully saturated rings. The third-order valence-corrected chi connectivity index (χ3v) is 6.82. The van der Waals surface area contributed by atoms with Crippen molar-refractivity contribution in [2.24, 2.45) is 11.8 Å². The fourth-order valence-electron chi connectivity index (χ4n) is 5.74. The van der Waals surface area contributed by atoms with Gasteiger partial charge in [-0.2, -0.15) is 0 Å². The van der Waals surface area contributed by atoms with Gasteiger partial charge in [0, 0.05) is 37.8 Å². The predicted molar refractivity (Wildman–Crippen MR) is 107 cm³/mol. The van der Waals surface area contributed by atoms with E-state index in [1.807, 2.05) is 0 Å². The molecule has 3 aliphatic rings. The molecule has 0 amide bonds. The molecule has 0 saturated carbocycles. The van der Waals surface area contributed by atoms with Crippen LogP contribution in [0.1, 0.15) is 31.2 Å². The van der Waals surface area contributed by atoms with Crippen LogP contribution in [0.15, 0.2) is 47.5 Å². The van der Waals surface area contributed by atoms with Crippen LogP contribution in [-0.2, 0) is 6.42 Å². The van der Waals surface area contributed by atoms with E-state index in [0.29, 0.717) is 23.9 Å². The Bertz CT molecular complexity index is 835. The summed E-state index contributed by atoms with van der Waals surface area (Å²) in [6.45, 7) is 3.25. The van der Waals surface area contributed by atoms with Crippen molar-refractivity contribution < 1.29 is 0 Å². The van der Waals surface area contributed by atoms with E-state index in [2.05, 4.69) is 50.1 Å². The second kappa shape index (κ2) is 7.12. The highest BCUT2D eigenvalue weighted by Gasteiger charge is 2.44. The molecule has 0 spiro atoms. The Morgan fingerprint density at radius 3 is 2.85 bits per heavy atom. The maximum absolute atomic E-state index is 11.7. The Morgan fingerprint density at radius 1 is 1.11 bits per heavy atom. The second-order valence-corrected chi connectivity index (χ2v) is 8.57. The van der Waals surface area contributed by atoms with Gasteiger partial charge in [-0.3, -0.25) is 9.69 Å². The quantitative estimate of drug-likeness (QED) is 0.910. The van der Waals surface area contributed by atoms with Gasteiger partial charge in [0.25, 0.3) is 5.56 Å². The zero-order chi connectivity index (χ0) is 18.2. The fraction of sp³-hybridized carbons (Fsp3) is 0.545. The zero-order valence-electron chi connectivity index (χ0n) is 15.8. The van der Waals surface area contributed by atoms with Crippen LogP contribution in [0.3, 0.4) is 0 Å². The number of benzene rings is 1. The molecule has 4 atom stereocenters. The highest BCUT2D eigenvalue weighted by Crippen LogP contribution is 2.40. The van der Waals surface area contributed by atoms with E-state index in [4.69, 9.17) is 0 Å². The van der Waals surface area contributed by atoms with Crippen molar-refractivity contribution in [2.45, 2.75) is 44.2 Å². The van der Waals surface area contributed by atoms with Crippen LogP contribution < -0.4 is 10.5 Å². The molecule has 0 unspecified atom stereocenters. The van der Waals surface area contributed by atoms with E-state index >= 15 is 0 Å². The number of hydrogen-bond acceptors (Lipinski definition) is 4. The molecule has 2 bridgehead atoms. The van der Waals surface area contributed by atoms with Crippen LogP contribution in [0, 0.1) is 11.8 Å². The Balaban J connectivity index is 1.34. The van der Waals surface area contributed by atoms with Crippen LogP contribution in [0.25, 0.3) is 0 Å². The molecule has 1 aromatic heterocycles. The van der Waals surface area contributed by atoms with Gasteiger partial charge in [-0.1, -0.05) is 36.8 Å². The number of hydrogen-bond donors (Lipinski definition) is 1. The minimum atomic E-state index is -0.0575. The van der Waals surface area contributed by atoms with Gasteiger partial charge in [0.15, 0.2) is 0 Å². The van der Waals surface area contributed by atoms with Gasteiger partial charge in [0.2, 0.25) is 0 Å². The van der Waals surface area contributed by atoms with E-state index in [1.54, 1.807) is 6.07 Å². The Morgan fingerprint density at radius 2 is 2.00 bits per heavy atom.